The monoisotopic (exact) mass is 453 g/mol. The zero-order valence-electron chi connectivity index (χ0n) is 20.4. The molecule has 176 valence electrons. The second kappa shape index (κ2) is 8.52. The maximum atomic E-state index is 5.50. The summed E-state index contributed by atoms with van der Waals surface area (Å²) in [7, 11) is 0. The molecule has 1 aromatic rings. The average molecular weight is 454 g/mol. The van der Waals surface area contributed by atoms with E-state index in [0.29, 0.717) is 16.7 Å². The summed E-state index contributed by atoms with van der Waals surface area (Å²) in [6.45, 7) is 9.32. The molecule has 0 radical (unpaired) electrons. The normalized spacial score (nSPS) is 44.1. The van der Waals surface area contributed by atoms with Crippen molar-refractivity contribution in [2.75, 3.05) is 25.4 Å². The Morgan fingerprint density at radius 2 is 1.94 bits per heavy atom. The molecule has 0 unspecified atom stereocenters. The Morgan fingerprint density at radius 3 is 2.75 bits per heavy atom. The maximum Gasteiger partial charge on any atom is 0.0937 e. The van der Waals surface area contributed by atoms with Gasteiger partial charge in [-0.2, -0.15) is 11.8 Å². The highest BCUT2D eigenvalue weighted by atomic mass is 32.2. The molecule has 5 aliphatic rings. The SMILES string of the molecule is C[C@]12CC[C@H]3[C@@H](CC=C4C[C@@H](SCCN5CCCC5)CC[C@@]43C)[C@@H]1CC[C@@H]2c1ccoc1. The highest BCUT2D eigenvalue weighted by Gasteiger charge is 2.58. The van der Waals surface area contributed by atoms with Gasteiger partial charge in [0, 0.05) is 17.5 Å². The van der Waals surface area contributed by atoms with E-state index in [2.05, 4.69) is 42.7 Å². The molecule has 1 aliphatic heterocycles. The Kier molecular flexibility index (Phi) is 5.82. The zero-order valence-corrected chi connectivity index (χ0v) is 21.2. The highest BCUT2D eigenvalue weighted by molar-refractivity contribution is 7.99. The molecule has 3 saturated carbocycles. The summed E-state index contributed by atoms with van der Waals surface area (Å²) in [5, 5.41) is 0.874. The van der Waals surface area contributed by atoms with Crippen LogP contribution < -0.4 is 0 Å². The third kappa shape index (κ3) is 3.56. The molecule has 0 N–H and O–H groups in total. The lowest BCUT2D eigenvalue weighted by Gasteiger charge is -2.58. The standard InChI is InChI=1S/C29H43NOS/c1-28-12-9-23(32-18-16-30-14-3-4-15-30)19-22(28)5-6-24-26-8-7-25(21-11-17-31-20-21)29(26,2)13-10-27(24)28/h5,11,17,20,23-27H,3-4,6-10,12-16,18-19H2,1-2H3/t23-,24-,25+,26-,27-,28-,29+/m0/s1. The third-order valence-corrected chi connectivity index (χ3v) is 12.3. The number of rotatable bonds is 5. The quantitative estimate of drug-likeness (QED) is 0.429. The van der Waals surface area contributed by atoms with Crippen molar-refractivity contribution in [3.63, 3.8) is 0 Å². The van der Waals surface area contributed by atoms with Crippen LogP contribution in [0, 0.1) is 28.6 Å². The van der Waals surface area contributed by atoms with Gasteiger partial charge in [0.2, 0.25) is 0 Å². The van der Waals surface area contributed by atoms with E-state index in [0.717, 1.165) is 23.0 Å². The Hall–Kier alpha value is -0.670. The number of thioether (sulfide) groups is 1. The van der Waals surface area contributed by atoms with Gasteiger partial charge in [0.05, 0.1) is 12.5 Å². The highest BCUT2D eigenvalue weighted by Crippen LogP contribution is 2.68. The van der Waals surface area contributed by atoms with Crippen LogP contribution in [-0.2, 0) is 0 Å². The molecular formula is C29H43NOS. The average Bonchev–Trinajstić information content (AvgIpc) is 3.54. The fraction of sp³-hybridized carbons (Fsp3) is 0.793. The summed E-state index contributed by atoms with van der Waals surface area (Å²) in [5.41, 5.74) is 4.30. The van der Waals surface area contributed by atoms with E-state index in [4.69, 9.17) is 4.42 Å². The van der Waals surface area contributed by atoms with Crippen LogP contribution in [0.25, 0.3) is 0 Å². The lowest BCUT2D eigenvalue weighted by molar-refractivity contribution is -0.0304. The number of nitrogens with zero attached hydrogens (tertiary/aromatic N) is 1. The third-order valence-electron chi connectivity index (χ3n) is 11.0. The van der Waals surface area contributed by atoms with Gasteiger partial charge in [-0.25, -0.2) is 0 Å². The van der Waals surface area contributed by atoms with Crippen LogP contribution in [-0.4, -0.2) is 35.5 Å². The molecule has 2 nitrogen and oxygen atoms in total. The Morgan fingerprint density at radius 1 is 1.06 bits per heavy atom. The predicted molar refractivity (Wildman–Crippen MR) is 135 cm³/mol. The summed E-state index contributed by atoms with van der Waals surface area (Å²) in [6.07, 6.45) is 20.8. The van der Waals surface area contributed by atoms with Crippen LogP contribution in [0.1, 0.15) is 89.5 Å². The minimum atomic E-state index is 0.482. The number of hydrogen-bond acceptors (Lipinski definition) is 3. The summed E-state index contributed by atoms with van der Waals surface area (Å²) in [5.74, 6) is 4.81. The van der Waals surface area contributed by atoms with Crippen molar-refractivity contribution in [1.82, 2.24) is 4.90 Å². The minimum absolute atomic E-state index is 0.482. The van der Waals surface area contributed by atoms with Crippen molar-refractivity contribution in [3.8, 4) is 0 Å². The van der Waals surface area contributed by atoms with Crippen molar-refractivity contribution in [2.24, 2.45) is 28.6 Å². The van der Waals surface area contributed by atoms with Gasteiger partial charge in [0.25, 0.3) is 0 Å². The predicted octanol–water partition coefficient (Wildman–Crippen LogP) is 7.52. The van der Waals surface area contributed by atoms with Crippen LogP contribution in [0.3, 0.4) is 0 Å². The summed E-state index contributed by atoms with van der Waals surface area (Å²) in [6, 6.07) is 2.24. The molecular weight excluding hydrogens is 410 g/mol. The smallest absolute Gasteiger partial charge is 0.0937 e. The van der Waals surface area contributed by atoms with Gasteiger partial charge in [0.1, 0.15) is 0 Å². The van der Waals surface area contributed by atoms with E-state index < -0.39 is 0 Å². The summed E-state index contributed by atoms with van der Waals surface area (Å²) < 4.78 is 5.50. The molecule has 0 amide bonds. The van der Waals surface area contributed by atoms with Crippen LogP contribution in [0.4, 0.5) is 0 Å². The van der Waals surface area contributed by atoms with Crippen molar-refractivity contribution < 1.29 is 4.42 Å². The minimum Gasteiger partial charge on any atom is -0.472 e. The van der Waals surface area contributed by atoms with Gasteiger partial charge >= 0.3 is 0 Å². The van der Waals surface area contributed by atoms with Gasteiger partial charge in [-0.05, 0) is 123 Å². The number of allylic oxidation sites excluding steroid dienone is 2. The molecule has 1 aromatic heterocycles. The Bertz CT molecular complexity index is 826. The van der Waals surface area contributed by atoms with Crippen LogP contribution in [0.2, 0.25) is 0 Å². The molecule has 7 atom stereocenters. The van der Waals surface area contributed by atoms with E-state index in [-0.39, 0.29) is 0 Å². The second-order valence-electron chi connectivity index (χ2n) is 12.3. The molecule has 6 rings (SSSR count). The fourth-order valence-electron chi connectivity index (χ4n) is 9.15. The van der Waals surface area contributed by atoms with Gasteiger partial charge in [-0.15, -0.1) is 0 Å². The van der Waals surface area contributed by atoms with Crippen LogP contribution in [0.5, 0.6) is 0 Å². The topological polar surface area (TPSA) is 16.4 Å². The maximum absolute atomic E-state index is 5.50. The molecule has 0 bridgehead atoms. The van der Waals surface area contributed by atoms with Crippen molar-refractivity contribution in [2.45, 2.75) is 89.2 Å². The molecule has 3 heteroatoms. The van der Waals surface area contributed by atoms with Gasteiger partial charge < -0.3 is 9.32 Å². The number of fused-ring (bicyclic) bond motifs is 5. The molecule has 4 fully saturated rings. The molecule has 0 aromatic carbocycles. The van der Waals surface area contributed by atoms with E-state index >= 15 is 0 Å². The zero-order chi connectivity index (χ0) is 21.8. The first-order valence-electron chi connectivity index (χ1n) is 13.6. The van der Waals surface area contributed by atoms with Crippen molar-refractivity contribution in [3.05, 3.63) is 35.8 Å². The van der Waals surface area contributed by atoms with Gasteiger partial charge in [-0.3, -0.25) is 0 Å². The van der Waals surface area contributed by atoms with E-state index in [1.165, 1.54) is 95.2 Å². The largest absolute Gasteiger partial charge is 0.472 e. The first-order valence-corrected chi connectivity index (χ1v) is 14.7. The van der Waals surface area contributed by atoms with Crippen molar-refractivity contribution >= 4 is 11.8 Å². The van der Waals surface area contributed by atoms with Crippen molar-refractivity contribution in [1.29, 1.82) is 0 Å². The number of hydrogen-bond donors (Lipinski definition) is 0. The summed E-state index contributed by atoms with van der Waals surface area (Å²) >= 11 is 2.29. The first kappa shape index (κ1) is 21.8. The Balaban J connectivity index is 1.14. The molecule has 1 saturated heterocycles. The van der Waals surface area contributed by atoms with Crippen LogP contribution >= 0.6 is 11.8 Å². The second-order valence-corrected chi connectivity index (χ2v) is 13.7. The molecule has 4 aliphatic carbocycles. The lowest BCUT2D eigenvalue weighted by Crippen LogP contribution is -2.50. The number of furan rings is 1. The summed E-state index contributed by atoms with van der Waals surface area (Å²) in [4.78, 5) is 2.68. The van der Waals surface area contributed by atoms with E-state index in [1.54, 1.807) is 0 Å². The lowest BCUT2D eigenvalue weighted by atomic mass is 9.47. The molecule has 2 heterocycles. The van der Waals surface area contributed by atoms with E-state index in [1.807, 2.05) is 18.1 Å². The van der Waals surface area contributed by atoms with E-state index in [9.17, 15) is 0 Å². The number of likely N-dealkylation sites (tertiary alicyclic amines) is 1. The van der Waals surface area contributed by atoms with Crippen LogP contribution in [0.15, 0.2) is 34.7 Å². The molecule has 32 heavy (non-hydrogen) atoms. The first-order chi connectivity index (χ1) is 15.6. The molecule has 0 spiro atoms. The van der Waals surface area contributed by atoms with Gasteiger partial charge in [0.15, 0.2) is 0 Å². The van der Waals surface area contributed by atoms with Gasteiger partial charge in [-0.1, -0.05) is 25.5 Å². The fourth-order valence-corrected chi connectivity index (χ4v) is 10.4. The Labute approximate surface area is 200 Å².